The lowest BCUT2D eigenvalue weighted by Crippen LogP contribution is -2.54. The molecule has 0 radical (unpaired) electrons. The van der Waals surface area contributed by atoms with Crippen LogP contribution in [0.2, 0.25) is 0 Å². The average molecular weight is 445 g/mol. The molecule has 0 aliphatic carbocycles. The van der Waals surface area contributed by atoms with Gasteiger partial charge in [-0.25, -0.2) is 9.69 Å². The lowest BCUT2D eigenvalue weighted by Gasteiger charge is -2.26. The van der Waals surface area contributed by atoms with Gasteiger partial charge in [0.1, 0.15) is 17.1 Å². The molecule has 1 N–H and O–H groups in total. The second-order valence-electron chi connectivity index (χ2n) is 6.00. The lowest BCUT2D eigenvalue weighted by molar-refractivity contribution is -0.122. The zero-order valence-electron chi connectivity index (χ0n) is 15.4. The number of nitrogens with one attached hydrogen (secondary N) is 1. The number of benzene rings is 2. The zero-order valence-corrected chi connectivity index (χ0v) is 17.0. The molecule has 1 saturated heterocycles. The fraction of sp³-hybridized carbons (Fsp3) is 0.150. The number of carbonyl (C=O) groups excluding carboxylic acids is 3. The van der Waals surface area contributed by atoms with E-state index in [-0.39, 0.29) is 5.57 Å². The van der Waals surface area contributed by atoms with Crippen LogP contribution in [0.1, 0.15) is 11.1 Å². The number of aryl methyl sites for hydroxylation is 1. The van der Waals surface area contributed by atoms with E-state index in [1.165, 1.54) is 20.3 Å². The van der Waals surface area contributed by atoms with Crippen molar-refractivity contribution in [2.75, 3.05) is 19.1 Å². The number of rotatable bonds is 4. The second kappa shape index (κ2) is 7.85. The van der Waals surface area contributed by atoms with Crippen molar-refractivity contribution in [2.24, 2.45) is 0 Å². The summed E-state index contributed by atoms with van der Waals surface area (Å²) in [7, 11) is 2.99. The van der Waals surface area contributed by atoms with Crippen molar-refractivity contribution in [3.63, 3.8) is 0 Å². The van der Waals surface area contributed by atoms with E-state index in [1.54, 1.807) is 36.4 Å². The molecule has 0 bridgehead atoms. The Morgan fingerprint density at radius 1 is 1.04 bits per heavy atom. The predicted molar refractivity (Wildman–Crippen MR) is 107 cm³/mol. The Bertz CT molecular complexity index is 1020. The molecule has 2 aromatic rings. The largest absolute Gasteiger partial charge is 0.497 e. The maximum atomic E-state index is 13.0. The molecule has 1 aliphatic rings. The van der Waals surface area contributed by atoms with E-state index in [0.717, 1.165) is 14.9 Å². The fourth-order valence-corrected chi connectivity index (χ4v) is 3.00. The molecule has 0 unspecified atom stereocenters. The Balaban J connectivity index is 2.05. The molecule has 3 rings (SSSR count). The van der Waals surface area contributed by atoms with Gasteiger partial charge in [-0.05, 0) is 48.9 Å². The summed E-state index contributed by atoms with van der Waals surface area (Å²) in [6.07, 6.45) is 1.39. The molecule has 1 aliphatic heterocycles. The first-order valence-electron chi connectivity index (χ1n) is 8.25. The maximum Gasteiger partial charge on any atom is 0.335 e. The Kier molecular flexibility index (Phi) is 5.51. The third-order valence-electron chi connectivity index (χ3n) is 4.24. The number of imide groups is 2. The van der Waals surface area contributed by atoms with Crippen molar-refractivity contribution in [1.29, 1.82) is 0 Å². The normalized spacial score (nSPS) is 15.6. The molecule has 0 saturated carbocycles. The standard InChI is InChI=1S/C20H17BrN2O5/c1-11-8-13(5-7-16(11)21)23-19(25)15(18(24)22-20(23)26)9-12-4-6-14(27-2)10-17(12)28-3/h4-10H,1-3H3,(H,22,24,26). The number of carbonyl (C=O) groups is 3. The molecule has 2 aromatic carbocycles. The van der Waals surface area contributed by atoms with Gasteiger partial charge in [-0.2, -0.15) is 0 Å². The van der Waals surface area contributed by atoms with Crippen molar-refractivity contribution in [3.8, 4) is 11.5 Å². The number of amides is 4. The van der Waals surface area contributed by atoms with Crippen LogP contribution in [0.15, 0.2) is 46.4 Å². The summed E-state index contributed by atoms with van der Waals surface area (Å²) in [4.78, 5) is 38.5. The Labute approximate surface area is 170 Å². The van der Waals surface area contributed by atoms with Crippen molar-refractivity contribution >= 4 is 45.5 Å². The quantitative estimate of drug-likeness (QED) is 0.576. The minimum absolute atomic E-state index is 0.177. The van der Waals surface area contributed by atoms with Crippen LogP contribution in [-0.4, -0.2) is 32.1 Å². The van der Waals surface area contributed by atoms with E-state index in [4.69, 9.17) is 9.47 Å². The SMILES string of the molecule is COc1ccc(C=C2C(=O)NC(=O)N(c3ccc(Br)c(C)c3)C2=O)c(OC)c1. The minimum atomic E-state index is -0.796. The van der Waals surface area contributed by atoms with Gasteiger partial charge in [-0.3, -0.25) is 14.9 Å². The van der Waals surface area contributed by atoms with Crippen LogP contribution < -0.4 is 19.7 Å². The monoisotopic (exact) mass is 444 g/mol. The third kappa shape index (κ3) is 3.63. The molecule has 7 nitrogen and oxygen atoms in total. The number of barbiturate groups is 1. The number of halogens is 1. The van der Waals surface area contributed by atoms with Crippen molar-refractivity contribution in [3.05, 3.63) is 57.6 Å². The Morgan fingerprint density at radius 2 is 1.79 bits per heavy atom. The Hall–Kier alpha value is -3.13. The van der Waals surface area contributed by atoms with Gasteiger partial charge >= 0.3 is 6.03 Å². The summed E-state index contributed by atoms with van der Waals surface area (Å²) < 4.78 is 11.3. The number of hydrogen-bond donors (Lipinski definition) is 1. The van der Waals surface area contributed by atoms with Crippen molar-refractivity contribution < 1.29 is 23.9 Å². The van der Waals surface area contributed by atoms with Gasteiger partial charge in [0.2, 0.25) is 0 Å². The highest BCUT2D eigenvalue weighted by Gasteiger charge is 2.37. The number of nitrogens with zero attached hydrogens (tertiary/aromatic N) is 1. The third-order valence-corrected chi connectivity index (χ3v) is 5.13. The summed E-state index contributed by atoms with van der Waals surface area (Å²) in [6.45, 7) is 1.84. The van der Waals surface area contributed by atoms with Crippen molar-refractivity contribution in [1.82, 2.24) is 5.32 Å². The van der Waals surface area contributed by atoms with Crippen LogP contribution in [0.5, 0.6) is 11.5 Å². The topological polar surface area (TPSA) is 84.9 Å². The van der Waals surface area contributed by atoms with E-state index in [2.05, 4.69) is 21.2 Å². The van der Waals surface area contributed by atoms with Crippen LogP contribution >= 0.6 is 15.9 Å². The van der Waals surface area contributed by atoms with Gasteiger partial charge in [-0.1, -0.05) is 15.9 Å². The van der Waals surface area contributed by atoms with Crippen LogP contribution in [-0.2, 0) is 9.59 Å². The van der Waals surface area contributed by atoms with Crippen LogP contribution in [0, 0.1) is 6.92 Å². The number of urea groups is 1. The summed E-state index contributed by atoms with van der Waals surface area (Å²) >= 11 is 3.38. The van der Waals surface area contributed by atoms with Gasteiger partial charge in [0.15, 0.2) is 0 Å². The van der Waals surface area contributed by atoms with Gasteiger partial charge < -0.3 is 9.47 Å². The molecular weight excluding hydrogens is 428 g/mol. The molecule has 4 amide bonds. The molecule has 28 heavy (non-hydrogen) atoms. The minimum Gasteiger partial charge on any atom is -0.497 e. The maximum absolute atomic E-state index is 13.0. The number of methoxy groups -OCH3 is 2. The summed E-state index contributed by atoms with van der Waals surface area (Å²) in [5.41, 5.74) is 1.53. The predicted octanol–water partition coefficient (Wildman–Crippen LogP) is 3.44. The average Bonchev–Trinajstić information content (AvgIpc) is 2.67. The molecule has 144 valence electrons. The van der Waals surface area contributed by atoms with Crippen molar-refractivity contribution in [2.45, 2.75) is 6.92 Å². The Morgan fingerprint density at radius 3 is 2.43 bits per heavy atom. The molecule has 8 heteroatoms. The highest BCUT2D eigenvalue weighted by molar-refractivity contribution is 9.10. The van der Waals surface area contributed by atoms with E-state index in [0.29, 0.717) is 22.7 Å². The zero-order chi connectivity index (χ0) is 20.4. The number of anilines is 1. The van der Waals surface area contributed by atoms with E-state index >= 15 is 0 Å². The summed E-state index contributed by atoms with van der Waals surface area (Å²) in [5.74, 6) is -0.484. The van der Waals surface area contributed by atoms with E-state index < -0.39 is 17.8 Å². The first kappa shape index (κ1) is 19.6. The number of hydrogen-bond acceptors (Lipinski definition) is 5. The highest BCUT2D eigenvalue weighted by Crippen LogP contribution is 2.29. The molecule has 1 heterocycles. The van der Waals surface area contributed by atoms with Gasteiger partial charge in [0.25, 0.3) is 11.8 Å². The molecular formula is C20H17BrN2O5. The van der Waals surface area contributed by atoms with Gasteiger partial charge in [0.05, 0.1) is 19.9 Å². The van der Waals surface area contributed by atoms with Crippen LogP contribution in [0.4, 0.5) is 10.5 Å². The molecule has 0 spiro atoms. The fourth-order valence-electron chi connectivity index (χ4n) is 2.75. The lowest BCUT2D eigenvalue weighted by atomic mass is 10.1. The van der Waals surface area contributed by atoms with Gasteiger partial charge in [-0.15, -0.1) is 0 Å². The summed E-state index contributed by atoms with van der Waals surface area (Å²) in [5, 5.41) is 2.20. The highest BCUT2D eigenvalue weighted by atomic mass is 79.9. The smallest absolute Gasteiger partial charge is 0.335 e. The number of ether oxygens (including phenoxy) is 2. The second-order valence-corrected chi connectivity index (χ2v) is 6.85. The molecule has 1 fully saturated rings. The van der Waals surface area contributed by atoms with Crippen LogP contribution in [0.3, 0.4) is 0 Å². The van der Waals surface area contributed by atoms with E-state index in [9.17, 15) is 14.4 Å². The van der Waals surface area contributed by atoms with Crippen LogP contribution in [0.25, 0.3) is 6.08 Å². The first-order valence-corrected chi connectivity index (χ1v) is 9.04. The summed E-state index contributed by atoms with van der Waals surface area (Å²) in [6, 6.07) is 9.22. The van der Waals surface area contributed by atoms with Gasteiger partial charge in [0, 0.05) is 16.1 Å². The molecule has 0 atom stereocenters. The first-order chi connectivity index (χ1) is 13.3. The molecule has 0 aromatic heterocycles. The van der Waals surface area contributed by atoms with E-state index in [1.807, 2.05) is 6.92 Å².